The van der Waals surface area contributed by atoms with Crippen LogP contribution in [0.1, 0.15) is 16.7 Å². The summed E-state index contributed by atoms with van der Waals surface area (Å²) in [6.45, 7) is 6.22. The molecular weight excluding hydrogens is 438 g/mol. The average molecular weight is 463 g/mol. The molecule has 10 heteroatoms. The predicted octanol–water partition coefficient (Wildman–Crippen LogP) is 3.96. The third-order valence-electron chi connectivity index (χ3n) is 5.26. The second-order valence-corrected chi connectivity index (χ2v) is 7.66. The van der Waals surface area contributed by atoms with Gasteiger partial charge in [0.1, 0.15) is 5.82 Å². The van der Waals surface area contributed by atoms with Crippen molar-refractivity contribution in [2.75, 3.05) is 43.4 Å². The van der Waals surface area contributed by atoms with Crippen molar-refractivity contribution in [3.8, 4) is 0 Å². The molecule has 0 atom stereocenters. The van der Waals surface area contributed by atoms with Crippen LogP contribution in [0.15, 0.2) is 43.0 Å². The van der Waals surface area contributed by atoms with Gasteiger partial charge in [0.05, 0.1) is 17.8 Å². The minimum Gasteiger partial charge on any atom is -0.374 e. The van der Waals surface area contributed by atoms with Crippen molar-refractivity contribution in [3.05, 3.63) is 65.5 Å². The topological polar surface area (TPSA) is 80.2 Å². The van der Waals surface area contributed by atoms with Gasteiger partial charge in [0.25, 0.3) is 0 Å². The number of carbonyl (C=O) groups excluding carboxylic acids is 1. The van der Waals surface area contributed by atoms with Crippen molar-refractivity contribution < 1.29 is 22.4 Å². The highest BCUT2D eigenvalue weighted by molar-refractivity contribution is 6.07. The number of allylic oxidation sites excluding steroid dienone is 1. The van der Waals surface area contributed by atoms with Crippen LogP contribution >= 0.6 is 0 Å². The fourth-order valence-electron chi connectivity index (χ4n) is 3.49. The van der Waals surface area contributed by atoms with Crippen molar-refractivity contribution in [1.82, 2.24) is 10.2 Å². The molecule has 6 nitrogen and oxygen atoms in total. The summed E-state index contributed by atoms with van der Waals surface area (Å²) in [5.41, 5.74) is 0.177. The molecule has 176 valence electrons. The SMILES string of the molecule is C=C(C=N)c1ccc(NCC(=O)Nc2ccc(CN3CCNCC3)c(C(F)(F)F)c2)c(F)c1. The van der Waals surface area contributed by atoms with Gasteiger partial charge in [-0.3, -0.25) is 9.69 Å². The van der Waals surface area contributed by atoms with Crippen molar-refractivity contribution in [1.29, 1.82) is 5.41 Å². The van der Waals surface area contributed by atoms with Crippen LogP contribution in [0.25, 0.3) is 5.57 Å². The van der Waals surface area contributed by atoms with Gasteiger partial charge < -0.3 is 21.4 Å². The zero-order valence-electron chi connectivity index (χ0n) is 17.9. The molecular formula is C23H25F4N5O. The molecule has 4 N–H and O–H groups in total. The van der Waals surface area contributed by atoms with E-state index in [1.165, 1.54) is 24.3 Å². The maximum atomic E-state index is 14.2. The highest BCUT2D eigenvalue weighted by Crippen LogP contribution is 2.34. The van der Waals surface area contributed by atoms with E-state index in [1.54, 1.807) is 6.07 Å². The van der Waals surface area contributed by atoms with Gasteiger partial charge in [-0.2, -0.15) is 13.2 Å². The highest BCUT2D eigenvalue weighted by atomic mass is 19.4. The fourth-order valence-corrected chi connectivity index (χ4v) is 3.49. The number of benzene rings is 2. The molecule has 0 unspecified atom stereocenters. The monoisotopic (exact) mass is 463 g/mol. The lowest BCUT2D eigenvalue weighted by Crippen LogP contribution is -2.43. The van der Waals surface area contributed by atoms with Crippen molar-refractivity contribution in [3.63, 3.8) is 0 Å². The number of nitrogens with zero attached hydrogens (tertiary/aromatic N) is 1. The molecule has 0 aromatic heterocycles. The summed E-state index contributed by atoms with van der Waals surface area (Å²) in [6, 6.07) is 7.86. The van der Waals surface area contributed by atoms with Gasteiger partial charge in [0, 0.05) is 44.6 Å². The van der Waals surface area contributed by atoms with E-state index in [0.29, 0.717) is 24.2 Å². The fraction of sp³-hybridized carbons (Fsp3) is 0.304. The summed E-state index contributed by atoms with van der Waals surface area (Å²) in [4.78, 5) is 14.2. The standard InChI is InChI=1S/C23H25F4N5O/c1-15(12-28)16-3-5-21(20(24)10-16)30-13-22(33)31-18-4-2-17(19(11-18)23(25,26)27)14-32-8-6-29-7-9-32/h2-5,10-12,28-30H,1,6-9,13-14H2,(H,31,33). The van der Waals surface area contributed by atoms with Crippen LogP contribution < -0.4 is 16.0 Å². The molecule has 3 rings (SSSR count). The Morgan fingerprint density at radius 2 is 1.91 bits per heavy atom. The van der Waals surface area contributed by atoms with Gasteiger partial charge in [0.2, 0.25) is 5.91 Å². The largest absolute Gasteiger partial charge is 0.416 e. The van der Waals surface area contributed by atoms with Crippen LogP contribution in [0.3, 0.4) is 0 Å². The Balaban J connectivity index is 1.65. The molecule has 1 aliphatic rings. The van der Waals surface area contributed by atoms with E-state index in [0.717, 1.165) is 25.4 Å². The Morgan fingerprint density at radius 1 is 1.18 bits per heavy atom. The lowest BCUT2D eigenvalue weighted by Gasteiger charge is -2.28. The van der Waals surface area contributed by atoms with Crippen LogP contribution in [-0.2, 0) is 17.5 Å². The second kappa shape index (κ2) is 10.6. The van der Waals surface area contributed by atoms with Gasteiger partial charge in [-0.05, 0) is 41.0 Å². The number of alkyl halides is 3. The van der Waals surface area contributed by atoms with Gasteiger partial charge in [0.15, 0.2) is 0 Å². The van der Waals surface area contributed by atoms with Gasteiger partial charge in [-0.15, -0.1) is 0 Å². The normalized spacial score (nSPS) is 14.5. The van der Waals surface area contributed by atoms with Crippen molar-refractivity contribution >= 4 is 29.1 Å². The zero-order valence-corrected chi connectivity index (χ0v) is 17.9. The van der Waals surface area contributed by atoms with Crippen LogP contribution in [0.2, 0.25) is 0 Å². The molecule has 1 aliphatic heterocycles. The molecule has 1 heterocycles. The summed E-state index contributed by atoms with van der Waals surface area (Å²) in [7, 11) is 0. The first-order valence-corrected chi connectivity index (χ1v) is 10.3. The minimum absolute atomic E-state index is 0.0105. The lowest BCUT2D eigenvalue weighted by atomic mass is 10.0. The van der Waals surface area contributed by atoms with Gasteiger partial charge in [-0.1, -0.05) is 18.7 Å². The zero-order chi connectivity index (χ0) is 24.0. The Hall–Kier alpha value is -3.24. The maximum absolute atomic E-state index is 14.2. The van der Waals surface area contributed by atoms with E-state index in [4.69, 9.17) is 5.41 Å². The molecule has 0 bridgehead atoms. The minimum atomic E-state index is -4.56. The van der Waals surface area contributed by atoms with Crippen molar-refractivity contribution in [2.24, 2.45) is 0 Å². The molecule has 1 amide bonds. The molecule has 0 aliphatic carbocycles. The third-order valence-corrected chi connectivity index (χ3v) is 5.26. The van der Waals surface area contributed by atoms with E-state index < -0.39 is 23.5 Å². The summed E-state index contributed by atoms with van der Waals surface area (Å²) >= 11 is 0. The Labute approximate surface area is 189 Å². The van der Waals surface area contributed by atoms with E-state index in [-0.39, 0.29) is 30.0 Å². The third kappa shape index (κ3) is 6.62. The van der Waals surface area contributed by atoms with Crippen LogP contribution in [0.4, 0.5) is 28.9 Å². The number of hydrogen-bond donors (Lipinski definition) is 4. The number of hydrogen-bond acceptors (Lipinski definition) is 5. The Kier molecular flexibility index (Phi) is 7.83. The Morgan fingerprint density at radius 3 is 2.55 bits per heavy atom. The molecule has 33 heavy (non-hydrogen) atoms. The number of halogens is 4. The summed E-state index contributed by atoms with van der Waals surface area (Å²) in [5.74, 6) is -1.26. The van der Waals surface area contributed by atoms with E-state index in [9.17, 15) is 22.4 Å². The van der Waals surface area contributed by atoms with E-state index in [1.807, 2.05) is 4.90 Å². The first-order chi connectivity index (χ1) is 15.7. The van der Waals surface area contributed by atoms with Gasteiger partial charge >= 0.3 is 6.18 Å². The molecule has 2 aromatic carbocycles. The van der Waals surface area contributed by atoms with Crippen LogP contribution in [0.5, 0.6) is 0 Å². The molecule has 0 saturated carbocycles. The summed E-state index contributed by atoms with van der Waals surface area (Å²) in [6.07, 6.45) is -3.56. The van der Waals surface area contributed by atoms with Gasteiger partial charge in [-0.25, -0.2) is 4.39 Å². The summed E-state index contributed by atoms with van der Waals surface area (Å²) in [5, 5.41) is 15.4. The molecule has 0 spiro atoms. The smallest absolute Gasteiger partial charge is 0.374 e. The lowest BCUT2D eigenvalue weighted by molar-refractivity contribution is -0.138. The summed E-state index contributed by atoms with van der Waals surface area (Å²) < 4.78 is 55.1. The van der Waals surface area contributed by atoms with E-state index in [2.05, 4.69) is 22.5 Å². The second-order valence-electron chi connectivity index (χ2n) is 7.66. The molecule has 1 fully saturated rings. The highest BCUT2D eigenvalue weighted by Gasteiger charge is 2.34. The first kappa shape index (κ1) is 24.4. The number of rotatable bonds is 8. The quantitative estimate of drug-likeness (QED) is 0.353. The van der Waals surface area contributed by atoms with E-state index >= 15 is 0 Å². The predicted molar refractivity (Wildman–Crippen MR) is 121 cm³/mol. The van der Waals surface area contributed by atoms with Crippen LogP contribution in [-0.4, -0.2) is 49.7 Å². The van der Waals surface area contributed by atoms with Crippen LogP contribution in [0, 0.1) is 11.2 Å². The Bertz CT molecular complexity index is 1030. The van der Waals surface area contributed by atoms with Crippen molar-refractivity contribution in [2.45, 2.75) is 12.7 Å². The molecule has 2 aromatic rings. The average Bonchev–Trinajstić information content (AvgIpc) is 2.78. The number of carbonyl (C=O) groups is 1. The molecule has 0 radical (unpaired) electrons. The number of piperazine rings is 1. The number of anilines is 2. The number of amides is 1. The maximum Gasteiger partial charge on any atom is 0.416 e. The number of nitrogens with one attached hydrogen (secondary N) is 4. The molecule has 1 saturated heterocycles. The first-order valence-electron chi connectivity index (χ1n) is 10.3.